The van der Waals surface area contributed by atoms with Crippen molar-refractivity contribution in [3.63, 3.8) is 0 Å². The fraction of sp³-hybridized carbons (Fsp3) is 0.182. The van der Waals surface area contributed by atoms with Gasteiger partial charge in [-0.2, -0.15) is 0 Å². The van der Waals surface area contributed by atoms with Crippen molar-refractivity contribution in [2.24, 2.45) is 0 Å². The fourth-order valence-electron chi connectivity index (χ4n) is 3.27. The predicted molar refractivity (Wildman–Crippen MR) is 107 cm³/mol. The van der Waals surface area contributed by atoms with Crippen molar-refractivity contribution < 1.29 is 14.3 Å². The molecule has 1 atom stereocenters. The fourth-order valence-corrected chi connectivity index (χ4v) is 4.39. The first-order chi connectivity index (χ1) is 13.1. The van der Waals surface area contributed by atoms with Crippen LogP contribution in [0.1, 0.15) is 29.0 Å². The molecule has 4 rings (SSSR count). The van der Waals surface area contributed by atoms with Crippen LogP contribution in [-0.2, 0) is 4.74 Å². The molecule has 0 spiro atoms. The number of nitrogens with zero attached hydrogens (tertiary/aromatic N) is 1. The molecule has 0 fully saturated rings. The Kier molecular flexibility index (Phi) is 4.62. The van der Waals surface area contributed by atoms with Gasteiger partial charge in [0.2, 0.25) is 5.91 Å². The molecule has 27 heavy (non-hydrogen) atoms. The van der Waals surface area contributed by atoms with Crippen molar-refractivity contribution in [1.29, 1.82) is 0 Å². The van der Waals surface area contributed by atoms with Gasteiger partial charge in [0.05, 0.1) is 22.4 Å². The summed E-state index contributed by atoms with van der Waals surface area (Å²) in [5.41, 5.74) is 4.33. The van der Waals surface area contributed by atoms with E-state index in [1.54, 1.807) is 17.7 Å². The standard InChI is InChI=1S/C22H19NO3S/c1-3-26-22(25)19-18(13-23-20(24)14(2)27-21(19)23)17-11-9-16(10-12-17)15-7-5-4-6-8-15/h4-14H,3H2,1-2H3/t14-/m0/s1. The van der Waals surface area contributed by atoms with E-state index in [-0.39, 0.29) is 17.1 Å². The predicted octanol–water partition coefficient (Wildman–Crippen LogP) is 5.13. The molecule has 5 heteroatoms. The maximum Gasteiger partial charge on any atom is 0.341 e. The van der Waals surface area contributed by atoms with Crippen molar-refractivity contribution in [2.45, 2.75) is 24.1 Å². The smallest absolute Gasteiger partial charge is 0.341 e. The van der Waals surface area contributed by atoms with Gasteiger partial charge < -0.3 is 4.74 Å². The molecule has 2 heterocycles. The van der Waals surface area contributed by atoms with Crippen LogP contribution in [0, 0.1) is 0 Å². The lowest BCUT2D eigenvalue weighted by atomic mass is 10.00. The van der Waals surface area contributed by atoms with E-state index in [1.165, 1.54) is 11.8 Å². The molecule has 1 aliphatic rings. The molecule has 2 aromatic carbocycles. The van der Waals surface area contributed by atoms with Crippen LogP contribution >= 0.6 is 11.8 Å². The summed E-state index contributed by atoms with van der Waals surface area (Å²) >= 11 is 1.41. The summed E-state index contributed by atoms with van der Waals surface area (Å²) in [6.07, 6.45) is 1.76. The quantitative estimate of drug-likeness (QED) is 0.591. The summed E-state index contributed by atoms with van der Waals surface area (Å²) in [4.78, 5) is 25.0. The summed E-state index contributed by atoms with van der Waals surface area (Å²) in [7, 11) is 0. The van der Waals surface area contributed by atoms with Gasteiger partial charge in [-0.25, -0.2) is 4.79 Å². The second-order valence-electron chi connectivity index (χ2n) is 6.36. The summed E-state index contributed by atoms with van der Waals surface area (Å²) in [5, 5.41) is 0.482. The minimum Gasteiger partial charge on any atom is -0.462 e. The zero-order chi connectivity index (χ0) is 19.0. The molecule has 3 aromatic rings. The summed E-state index contributed by atoms with van der Waals surface area (Å²) in [6, 6.07) is 18.1. The van der Waals surface area contributed by atoms with Gasteiger partial charge in [-0.05, 0) is 30.5 Å². The van der Waals surface area contributed by atoms with Crippen LogP contribution in [0.25, 0.3) is 22.3 Å². The molecule has 1 aromatic heterocycles. The van der Waals surface area contributed by atoms with Crippen molar-refractivity contribution in [3.05, 3.63) is 66.4 Å². The number of aromatic nitrogens is 1. The van der Waals surface area contributed by atoms with Crippen LogP contribution in [0.5, 0.6) is 0 Å². The monoisotopic (exact) mass is 377 g/mol. The van der Waals surface area contributed by atoms with E-state index >= 15 is 0 Å². The van der Waals surface area contributed by atoms with Crippen molar-refractivity contribution in [3.8, 4) is 22.3 Å². The molecule has 1 aliphatic heterocycles. The highest BCUT2D eigenvalue weighted by atomic mass is 32.2. The molecule has 0 aliphatic carbocycles. The second kappa shape index (κ2) is 7.08. The Balaban J connectivity index is 1.78. The Morgan fingerprint density at radius 2 is 1.67 bits per heavy atom. The Labute approximate surface area is 162 Å². The lowest BCUT2D eigenvalue weighted by Crippen LogP contribution is -2.12. The number of thioether (sulfide) groups is 1. The van der Waals surface area contributed by atoms with Gasteiger partial charge in [0.15, 0.2) is 0 Å². The number of ether oxygens (including phenoxy) is 1. The molecule has 0 unspecified atom stereocenters. The molecule has 136 valence electrons. The zero-order valence-corrected chi connectivity index (χ0v) is 16.0. The maximum atomic E-state index is 12.6. The van der Waals surface area contributed by atoms with Crippen LogP contribution in [-0.4, -0.2) is 28.3 Å². The highest BCUT2D eigenvalue weighted by Crippen LogP contribution is 2.41. The van der Waals surface area contributed by atoms with Gasteiger partial charge in [-0.3, -0.25) is 9.36 Å². The zero-order valence-electron chi connectivity index (χ0n) is 15.1. The van der Waals surface area contributed by atoms with Crippen LogP contribution in [0.15, 0.2) is 65.8 Å². The van der Waals surface area contributed by atoms with E-state index in [2.05, 4.69) is 12.1 Å². The maximum absolute atomic E-state index is 12.6. The first-order valence-electron chi connectivity index (χ1n) is 8.89. The molecular weight excluding hydrogens is 358 g/mol. The van der Waals surface area contributed by atoms with E-state index in [1.807, 2.05) is 49.4 Å². The minimum atomic E-state index is -0.386. The lowest BCUT2D eigenvalue weighted by Gasteiger charge is -2.08. The number of fused-ring (bicyclic) bond motifs is 1. The van der Waals surface area contributed by atoms with Crippen LogP contribution in [0.3, 0.4) is 0 Å². The van der Waals surface area contributed by atoms with E-state index in [0.717, 1.165) is 22.3 Å². The molecule has 0 saturated heterocycles. The van der Waals surface area contributed by atoms with E-state index in [9.17, 15) is 9.59 Å². The average molecular weight is 377 g/mol. The number of rotatable bonds is 4. The van der Waals surface area contributed by atoms with Crippen LogP contribution < -0.4 is 0 Å². The number of carbonyl (C=O) groups excluding carboxylic acids is 2. The molecule has 4 nitrogen and oxygen atoms in total. The minimum absolute atomic E-state index is 0.00676. The summed E-state index contributed by atoms with van der Waals surface area (Å²) in [6.45, 7) is 3.93. The van der Waals surface area contributed by atoms with Gasteiger partial charge in [-0.1, -0.05) is 66.4 Å². The largest absolute Gasteiger partial charge is 0.462 e. The van der Waals surface area contributed by atoms with Gasteiger partial charge in [0.1, 0.15) is 0 Å². The van der Waals surface area contributed by atoms with Crippen molar-refractivity contribution in [2.75, 3.05) is 6.61 Å². The van der Waals surface area contributed by atoms with Gasteiger partial charge >= 0.3 is 5.97 Å². The third kappa shape index (κ3) is 3.08. The van der Waals surface area contributed by atoms with E-state index < -0.39 is 0 Å². The van der Waals surface area contributed by atoms with Gasteiger partial charge in [-0.15, -0.1) is 0 Å². The van der Waals surface area contributed by atoms with E-state index in [4.69, 9.17) is 4.74 Å². The lowest BCUT2D eigenvalue weighted by molar-refractivity contribution is 0.0523. The topological polar surface area (TPSA) is 48.3 Å². The van der Waals surface area contributed by atoms with Crippen molar-refractivity contribution in [1.82, 2.24) is 4.57 Å². The first kappa shape index (κ1) is 17.6. The normalized spacial score (nSPS) is 15.6. The van der Waals surface area contributed by atoms with Crippen LogP contribution in [0.4, 0.5) is 0 Å². The molecule has 0 amide bonds. The van der Waals surface area contributed by atoms with Crippen molar-refractivity contribution >= 4 is 23.6 Å². The number of hydrogen-bond donors (Lipinski definition) is 0. The van der Waals surface area contributed by atoms with E-state index in [0.29, 0.717) is 17.2 Å². The second-order valence-corrected chi connectivity index (χ2v) is 7.68. The molecule has 0 N–H and O–H groups in total. The molecular formula is C22H19NO3S. The molecule has 0 bridgehead atoms. The Bertz CT molecular complexity index is 1010. The van der Waals surface area contributed by atoms with Gasteiger partial charge in [0.25, 0.3) is 0 Å². The Hall–Kier alpha value is -2.79. The summed E-state index contributed by atoms with van der Waals surface area (Å²) < 4.78 is 6.85. The first-order valence-corrected chi connectivity index (χ1v) is 9.77. The number of benzene rings is 2. The number of carbonyl (C=O) groups is 2. The SMILES string of the molecule is CCOC(=O)c1c(-c2ccc(-c3ccccc3)cc2)cn2c1S[C@@H](C)C2=O. The highest BCUT2D eigenvalue weighted by molar-refractivity contribution is 8.01. The highest BCUT2D eigenvalue weighted by Gasteiger charge is 2.35. The number of hydrogen-bond acceptors (Lipinski definition) is 4. The third-order valence-electron chi connectivity index (χ3n) is 4.62. The third-order valence-corrected chi connectivity index (χ3v) is 5.80. The molecule has 0 radical (unpaired) electrons. The average Bonchev–Trinajstić information content (AvgIpc) is 3.19. The van der Waals surface area contributed by atoms with Gasteiger partial charge in [0, 0.05) is 11.8 Å². The van der Waals surface area contributed by atoms with Crippen LogP contribution in [0.2, 0.25) is 0 Å². The Morgan fingerprint density at radius 1 is 1.04 bits per heavy atom. The summed E-state index contributed by atoms with van der Waals surface area (Å²) in [5.74, 6) is -0.393. The number of esters is 1. The molecule has 0 saturated carbocycles. The Morgan fingerprint density at radius 3 is 2.33 bits per heavy atom.